The van der Waals surface area contributed by atoms with E-state index in [0.717, 1.165) is 12.1 Å². The van der Waals surface area contributed by atoms with Crippen LogP contribution in [-0.2, 0) is 15.4 Å². The average molecular weight is 460 g/mol. The number of hydrogen-bond acceptors (Lipinski definition) is 6. The van der Waals surface area contributed by atoms with Crippen LogP contribution in [0, 0.1) is 17.1 Å². The number of pyridine rings is 1. The van der Waals surface area contributed by atoms with Crippen molar-refractivity contribution in [3.8, 4) is 6.07 Å². The third-order valence-corrected chi connectivity index (χ3v) is 9.41. The molecule has 2 aromatic rings. The van der Waals surface area contributed by atoms with Crippen LogP contribution in [0.15, 0.2) is 41.5 Å². The van der Waals surface area contributed by atoms with Crippen molar-refractivity contribution < 1.29 is 21.6 Å². The SMILES string of the molecule is C[C@]1(c2cc(/C=C(\F)c3ccc(C#N)cn3)ccc2F)N=C(N)[C@]2(CF)CC[C@@H]1S2(=O)=O. The topological polar surface area (TPSA) is 109 Å². The number of hydrogen-bond donors (Lipinski definition) is 1. The van der Waals surface area contributed by atoms with E-state index in [4.69, 9.17) is 11.0 Å². The molecular formula is C22H19F3N4O2S. The van der Waals surface area contributed by atoms with Crippen LogP contribution in [0.1, 0.15) is 42.1 Å². The summed E-state index contributed by atoms with van der Waals surface area (Å²) < 4.78 is 67.7. The van der Waals surface area contributed by atoms with Crippen molar-refractivity contribution in [2.24, 2.45) is 10.7 Å². The molecular weight excluding hydrogens is 441 g/mol. The van der Waals surface area contributed by atoms with E-state index in [2.05, 4.69) is 9.98 Å². The molecule has 6 nitrogen and oxygen atoms in total. The molecule has 166 valence electrons. The smallest absolute Gasteiger partial charge is 0.171 e. The Balaban J connectivity index is 1.80. The Bertz CT molecular complexity index is 1300. The lowest BCUT2D eigenvalue weighted by atomic mass is 9.86. The van der Waals surface area contributed by atoms with Gasteiger partial charge in [-0.05, 0) is 55.7 Å². The molecule has 0 radical (unpaired) electrons. The fourth-order valence-corrected chi connectivity index (χ4v) is 7.15. The molecule has 32 heavy (non-hydrogen) atoms. The van der Waals surface area contributed by atoms with Crippen LogP contribution in [0.4, 0.5) is 13.2 Å². The molecule has 1 aromatic carbocycles. The number of amidine groups is 1. The first-order valence-electron chi connectivity index (χ1n) is 9.78. The van der Waals surface area contributed by atoms with Crippen molar-refractivity contribution in [1.29, 1.82) is 5.26 Å². The van der Waals surface area contributed by atoms with Gasteiger partial charge in [0.1, 0.15) is 35.8 Å². The molecule has 1 fully saturated rings. The summed E-state index contributed by atoms with van der Waals surface area (Å²) in [5, 5.41) is 7.67. The fourth-order valence-electron chi connectivity index (χ4n) is 4.50. The summed E-state index contributed by atoms with van der Waals surface area (Å²) in [6.45, 7) is 0.255. The monoisotopic (exact) mass is 460 g/mol. The van der Waals surface area contributed by atoms with Gasteiger partial charge in [0.2, 0.25) is 0 Å². The Hall–Kier alpha value is -3.19. The standard InChI is InChI=1S/C22H19F3N4O2S/c1-21(19-6-7-22(12-23,20(27)29-21)32(19,30)31)15-8-13(2-4-16(15)24)9-17(25)18-5-3-14(10-26)11-28-18/h2-5,8-9,11,19H,6-7,12H2,1H3,(H2,27,29)/b17-9-/t19-,21+,22+/m0/s1. The van der Waals surface area contributed by atoms with E-state index < -0.39 is 43.7 Å². The molecule has 2 aliphatic heterocycles. The summed E-state index contributed by atoms with van der Waals surface area (Å²) in [7, 11) is -4.07. The van der Waals surface area contributed by atoms with Crippen molar-refractivity contribution >= 4 is 27.6 Å². The number of aliphatic imine (C=N–C) groups is 1. The summed E-state index contributed by atoms with van der Waals surface area (Å²) in [5.41, 5.74) is 4.76. The number of aromatic nitrogens is 1. The van der Waals surface area contributed by atoms with E-state index in [-0.39, 0.29) is 41.1 Å². The Labute approximate surface area is 183 Å². The molecule has 3 atom stereocenters. The third kappa shape index (κ3) is 3.03. The zero-order valence-electron chi connectivity index (χ0n) is 17.0. The first-order valence-corrected chi connectivity index (χ1v) is 11.3. The molecule has 0 aliphatic carbocycles. The number of halogens is 3. The summed E-state index contributed by atoms with van der Waals surface area (Å²) in [6.07, 6.45) is 2.39. The fraction of sp³-hybridized carbons (Fsp3) is 0.318. The zero-order valence-corrected chi connectivity index (χ0v) is 17.8. The van der Waals surface area contributed by atoms with Gasteiger partial charge in [-0.1, -0.05) is 6.07 Å². The highest BCUT2D eigenvalue weighted by atomic mass is 32.2. The predicted molar refractivity (Wildman–Crippen MR) is 114 cm³/mol. The van der Waals surface area contributed by atoms with Gasteiger partial charge in [0.25, 0.3) is 0 Å². The summed E-state index contributed by atoms with van der Waals surface area (Å²) in [4.78, 5) is 8.16. The highest BCUT2D eigenvalue weighted by Gasteiger charge is 2.65. The maximum atomic E-state index is 14.9. The van der Waals surface area contributed by atoms with Crippen LogP contribution in [0.2, 0.25) is 0 Å². The van der Waals surface area contributed by atoms with Gasteiger partial charge < -0.3 is 5.73 Å². The minimum absolute atomic E-state index is 0.0212. The molecule has 2 N–H and O–H groups in total. The Morgan fingerprint density at radius 3 is 2.75 bits per heavy atom. The second-order valence-corrected chi connectivity index (χ2v) is 10.6. The van der Waals surface area contributed by atoms with E-state index in [9.17, 15) is 21.6 Å². The van der Waals surface area contributed by atoms with E-state index in [1.165, 1.54) is 37.4 Å². The van der Waals surface area contributed by atoms with Crippen LogP contribution in [0.5, 0.6) is 0 Å². The van der Waals surface area contributed by atoms with Crippen molar-refractivity contribution in [1.82, 2.24) is 4.98 Å². The molecule has 0 unspecified atom stereocenters. The highest BCUT2D eigenvalue weighted by Crippen LogP contribution is 2.51. The first-order chi connectivity index (χ1) is 15.1. The number of nitrogens with zero attached hydrogens (tertiary/aromatic N) is 3. The second-order valence-electron chi connectivity index (χ2n) is 8.12. The Morgan fingerprint density at radius 1 is 1.38 bits per heavy atom. The minimum Gasteiger partial charge on any atom is -0.386 e. The number of nitriles is 1. The lowest BCUT2D eigenvalue weighted by Gasteiger charge is -2.39. The van der Waals surface area contributed by atoms with Gasteiger partial charge in [-0.2, -0.15) is 5.26 Å². The van der Waals surface area contributed by atoms with Crippen molar-refractivity contribution in [3.05, 3.63) is 64.7 Å². The van der Waals surface area contributed by atoms with Gasteiger partial charge in [-0.15, -0.1) is 0 Å². The lowest BCUT2D eigenvalue weighted by molar-refractivity contribution is 0.415. The number of fused-ring (bicyclic) bond motifs is 2. The van der Waals surface area contributed by atoms with Crippen LogP contribution in [0.25, 0.3) is 11.9 Å². The van der Waals surface area contributed by atoms with Crippen LogP contribution >= 0.6 is 0 Å². The predicted octanol–water partition coefficient (Wildman–Crippen LogP) is 3.43. The maximum absolute atomic E-state index is 14.9. The van der Waals surface area contributed by atoms with Gasteiger partial charge in [0.05, 0.1) is 16.5 Å². The summed E-state index contributed by atoms with van der Waals surface area (Å²) in [6, 6.07) is 8.37. The highest BCUT2D eigenvalue weighted by molar-refractivity contribution is 7.94. The van der Waals surface area contributed by atoms with E-state index >= 15 is 0 Å². The molecule has 2 aliphatic rings. The molecule has 4 rings (SSSR count). The molecule has 0 saturated carbocycles. The molecule has 1 saturated heterocycles. The number of benzene rings is 1. The summed E-state index contributed by atoms with van der Waals surface area (Å²) in [5.74, 6) is -1.83. The zero-order chi connectivity index (χ0) is 23.3. The van der Waals surface area contributed by atoms with E-state index in [1.807, 2.05) is 6.07 Å². The number of sulfone groups is 1. The molecule has 2 bridgehead atoms. The lowest BCUT2D eigenvalue weighted by Crippen LogP contribution is -2.58. The van der Waals surface area contributed by atoms with Gasteiger partial charge in [-0.3, -0.25) is 9.98 Å². The Kier molecular flexibility index (Phi) is 5.12. The van der Waals surface area contributed by atoms with Gasteiger partial charge in [-0.25, -0.2) is 21.6 Å². The van der Waals surface area contributed by atoms with Crippen molar-refractivity contribution in [3.63, 3.8) is 0 Å². The van der Waals surface area contributed by atoms with Crippen LogP contribution in [0.3, 0.4) is 0 Å². The van der Waals surface area contributed by atoms with Crippen LogP contribution < -0.4 is 5.73 Å². The second kappa shape index (κ2) is 7.45. The first kappa shape index (κ1) is 22.0. The van der Waals surface area contributed by atoms with Crippen molar-refractivity contribution in [2.75, 3.05) is 6.67 Å². The number of rotatable bonds is 4. The molecule has 0 spiro atoms. The molecule has 3 heterocycles. The Morgan fingerprint density at radius 2 is 2.12 bits per heavy atom. The minimum atomic E-state index is -4.07. The van der Waals surface area contributed by atoms with Gasteiger partial charge >= 0.3 is 0 Å². The average Bonchev–Trinajstić information content (AvgIpc) is 2.98. The molecule has 1 aromatic heterocycles. The van der Waals surface area contributed by atoms with E-state index in [0.29, 0.717) is 0 Å². The van der Waals surface area contributed by atoms with Gasteiger partial charge in [0.15, 0.2) is 14.6 Å². The molecule has 0 amide bonds. The van der Waals surface area contributed by atoms with E-state index in [1.54, 1.807) is 0 Å². The largest absolute Gasteiger partial charge is 0.386 e. The molecule has 10 heteroatoms. The third-order valence-electron chi connectivity index (χ3n) is 6.36. The number of alkyl halides is 1. The normalized spacial score (nSPS) is 28.8. The van der Waals surface area contributed by atoms with Crippen molar-refractivity contribution in [2.45, 2.75) is 35.3 Å². The van der Waals surface area contributed by atoms with Crippen LogP contribution in [-0.4, -0.2) is 35.9 Å². The number of nitrogens with two attached hydrogens (primary N) is 1. The quantitative estimate of drug-likeness (QED) is 0.752. The maximum Gasteiger partial charge on any atom is 0.171 e. The van der Waals surface area contributed by atoms with Gasteiger partial charge in [0, 0.05) is 11.8 Å². The summed E-state index contributed by atoms with van der Waals surface area (Å²) >= 11 is 0.